The number of allylic oxidation sites excluding steroid dienone is 2. The first kappa shape index (κ1) is 26.5. The Balaban J connectivity index is 0.00000341. The molecule has 3 rings (SSSR count). The minimum absolute atomic E-state index is 0. The van der Waals surface area contributed by atoms with Gasteiger partial charge in [-0.1, -0.05) is 109 Å². The highest BCUT2D eigenvalue weighted by Gasteiger charge is 2.43. The zero-order chi connectivity index (χ0) is 20.9. The van der Waals surface area contributed by atoms with Crippen LogP contribution in [-0.2, 0) is 0 Å². The molecule has 0 aliphatic rings. The Hall–Kier alpha value is -0.710. The highest BCUT2D eigenvalue weighted by molar-refractivity contribution is 14.1. The standard InChI is InChI=1S/C28H33IP.HI/c29-24-16-5-3-1-2-4-6-17-25-30(26-18-10-7-11-19-26,27-20-12-8-13-21-27)28-22-14-9-15-23-28;/h6-15,17-23H,1-5,16,24-25H2;1H/q+1;/p-1. The topological polar surface area (TPSA) is 0 Å². The van der Waals surface area contributed by atoms with Crippen molar-refractivity contribution in [3.8, 4) is 0 Å². The van der Waals surface area contributed by atoms with Crippen molar-refractivity contribution in [1.29, 1.82) is 0 Å². The molecule has 3 aromatic carbocycles. The smallest absolute Gasteiger partial charge is 0.115 e. The van der Waals surface area contributed by atoms with E-state index in [1.165, 1.54) is 58.9 Å². The molecule has 164 valence electrons. The van der Waals surface area contributed by atoms with Crippen LogP contribution < -0.4 is 39.9 Å². The van der Waals surface area contributed by atoms with Crippen molar-refractivity contribution >= 4 is 45.8 Å². The van der Waals surface area contributed by atoms with Crippen molar-refractivity contribution in [3.63, 3.8) is 0 Å². The number of alkyl halides is 1. The molecule has 0 unspecified atom stereocenters. The first-order valence-corrected chi connectivity index (χ1v) is 14.6. The van der Waals surface area contributed by atoms with Gasteiger partial charge in [0.15, 0.2) is 0 Å². The van der Waals surface area contributed by atoms with Gasteiger partial charge in [0.05, 0.1) is 6.16 Å². The van der Waals surface area contributed by atoms with Gasteiger partial charge in [-0.05, 0) is 60.1 Å². The van der Waals surface area contributed by atoms with Crippen LogP contribution in [0.3, 0.4) is 0 Å². The molecule has 0 fully saturated rings. The monoisotopic (exact) mass is 654 g/mol. The Labute approximate surface area is 220 Å². The second-order valence-electron chi connectivity index (χ2n) is 7.72. The van der Waals surface area contributed by atoms with E-state index in [2.05, 4.69) is 126 Å². The third kappa shape index (κ3) is 7.68. The van der Waals surface area contributed by atoms with Crippen molar-refractivity contribution in [3.05, 3.63) is 103 Å². The van der Waals surface area contributed by atoms with Gasteiger partial charge in [-0.25, -0.2) is 0 Å². The Kier molecular flexibility index (Phi) is 13.0. The SMILES string of the molecule is ICCCCCCCC=CC[P+](c1ccccc1)(c1ccccc1)c1ccccc1.[I-]. The molecule has 31 heavy (non-hydrogen) atoms. The molecule has 0 radical (unpaired) electrons. The zero-order valence-electron chi connectivity index (χ0n) is 18.2. The summed E-state index contributed by atoms with van der Waals surface area (Å²) in [5, 5.41) is 4.39. The van der Waals surface area contributed by atoms with Gasteiger partial charge < -0.3 is 24.0 Å². The number of unbranched alkanes of at least 4 members (excludes halogenated alkanes) is 5. The lowest BCUT2D eigenvalue weighted by Gasteiger charge is -2.26. The lowest BCUT2D eigenvalue weighted by Crippen LogP contribution is -3.00. The quantitative estimate of drug-likeness (QED) is 0.0899. The van der Waals surface area contributed by atoms with Crippen molar-refractivity contribution in [1.82, 2.24) is 0 Å². The van der Waals surface area contributed by atoms with Gasteiger partial charge in [0.1, 0.15) is 23.2 Å². The molecule has 0 amide bonds. The van der Waals surface area contributed by atoms with Crippen LogP contribution in [0, 0.1) is 0 Å². The molecule has 0 N–H and O–H groups in total. The van der Waals surface area contributed by atoms with E-state index < -0.39 is 7.26 Å². The van der Waals surface area contributed by atoms with E-state index in [-0.39, 0.29) is 24.0 Å². The molecule has 0 aliphatic carbocycles. The highest BCUT2D eigenvalue weighted by atomic mass is 127. The maximum absolute atomic E-state index is 2.48. The Morgan fingerprint density at radius 2 is 0.968 bits per heavy atom. The summed E-state index contributed by atoms with van der Waals surface area (Å²) in [5.41, 5.74) is 0. The molecule has 0 aliphatic heterocycles. The summed E-state index contributed by atoms with van der Waals surface area (Å²) < 4.78 is 1.29. The Bertz CT molecular complexity index is 767. The van der Waals surface area contributed by atoms with E-state index in [0.717, 1.165) is 6.16 Å². The number of hydrogen-bond acceptors (Lipinski definition) is 0. The van der Waals surface area contributed by atoms with E-state index in [1.54, 1.807) is 0 Å². The minimum atomic E-state index is -1.71. The third-order valence-corrected chi connectivity index (χ3v) is 10.7. The fourth-order valence-electron chi connectivity index (χ4n) is 4.05. The normalized spacial score (nSPS) is 11.4. The van der Waals surface area contributed by atoms with Crippen LogP contribution in [0.4, 0.5) is 0 Å². The molecule has 0 atom stereocenters. The zero-order valence-corrected chi connectivity index (χ0v) is 23.4. The maximum atomic E-state index is 2.48. The molecule has 3 heteroatoms. The van der Waals surface area contributed by atoms with Crippen LogP contribution in [0.25, 0.3) is 0 Å². The van der Waals surface area contributed by atoms with E-state index in [1.807, 2.05) is 0 Å². The van der Waals surface area contributed by atoms with Crippen LogP contribution in [-0.4, -0.2) is 10.6 Å². The molecule has 0 spiro atoms. The van der Waals surface area contributed by atoms with Crippen LogP contribution in [0.2, 0.25) is 0 Å². The van der Waals surface area contributed by atoms with Gasteiger partial charge in [-0.15, -0.1) is 0 Å². The molecule has 0 bridgehead atoms. The summed E-state index contributed by atoms with van der Waals surface area (Å²) in [6.07, 6.45) is 14.0. The first-order chi connectivity index (χ1) is 14.9. The fraction of sp³-hybridized carbons (Fsp3) is 0.286. The molecule has 0 aromatic heterocycles. The van der Waals surface area contributed by atoms with E-state index in [9.17, 15) is 0 Å². The van der Waals surface area contributed by atoms with E-state index >= 15 is 0 Å². The molecule has 0 heterocycles. The molecular formula is C28H33I2P. The Morgan fingerprint density at radius 1 is 0.548 bits per heavy atom. The first-order valence-electron chi connectivity index (χ1n) is 11.1. The summed E-state index contributed by atoms with van der Waals surface area (Å²) in [5.74, 6) is 0. The number of halogens is 2. The number of hydrogen-bond donors (Lipinski definition) is 0. The van der Waals surface area contributed by atoms with Gasteiger partial charge >= 0.3 is 0 Å². The highest BCUT2D eigenvalue weighted by Crippen LogP contribution is 2.55. The number of rotatable bonds is 12. The van der Waals surface area contributed by atoms with Crippen LogP contribution in [0.1, 0.15) is 38.5 Å². The van der Waals surface area contributed by atoms with Crippen molar-refractivity contribution in [2.24, 2.45) is 0 Å². The van der Waals surface area contributed by atoms with E-state index in [0.29, 0.717) is 0 Å². The average molecular weight is 654 g/mol. The minimum Gasteiger partial charge on any atom is -1.00 e. The molecule has 3 aromatic rings. The largest absolute Gasteiger partial charge is 1.00 e. The van der Waals surface area contributed by atoms with Crippen LogP contribution >= 0.6 is 29.9 Å². The fourth-order valence-corrected chi connectivity index (χ4v) is 8.62. The Morgan fingerprint density at radius 3 is 1.42 bits per heavy atom. The van der Waals surface area contributed by atoms with Gasteiger partial charge in [0.25, 0.3) is 0 Å². The summed E-state index contributed by atoms with van der Waals surface area (Å²) in [4.78, 5) is 0. The lowest BCUT2D eigenvalue weighted by molar-refractivity contribution is -0.00000582. The molecular weight excluding hydrogens is 621 g/mol. The van der Waals surface area contributed by atoms with Gasteiger partial charge in [-0.2, -0.15) is 0 Å². The summed E-state index contributed by atoms with van der Waals surface area (Å²) in [6.45, 7) is 0. The predicted octanol–water partition coefficient (Wildman–Crippen LogP) is 4.32. The predicted molar refractivity (Wildman–Crippen MR) is 146 cm³/mol. The van der Waals surface area contributed by atoms with Crippen molar-refractivity contribution < 1.29 is 24.0 Å². The number of benzene rings is 3. The summed E-state index contributed by atoms with van der Waals surface area (Å²) in [6, 6.07) is 33.5. The van der Waals surface area contributed by atoms with Crippen LogP contribution in [0.5, 0.6) is 0 Å². The maximum Gasteiger partial charge on any atom is 0.115 e. The molecule has 0 saturated carbocycles. The second-order valence-corrected chi connectivity index (χ2v) is 12.3. The third-order valence-electron chi connectivity index (χ3n) is 5.64. The summed E-state index contributed by atoms with van der Waals surface area (Å²) >= 11 is 2.48. The second kappa shape index (κ2) is 15.2. The molecule has 0 nitrogen and oxygen atoms in total. The van der Waals surface area contributed by atoms with E-state index in [4.69, 9.17) is 0 Å². The average Bonchev–Trinajstić information content (AvgIpc) is 2.82. The van der Waals surface area contributed by atoms with Gasteiger partial charge in [0, 0.05) is 0 Å². The van der Waals surface area contributed by atoms with Gasteiger partial charge in [0.2, 0.25) is 0 Å². The van der Waals surface area contributed by atoms with Crippen LogP contribution in [0.15, 0.2) is 103 Å². The molecule has 0 saturated heterocycles. The van der Waals surface area contributed by atoms with Crippen molar-refractivity contribution in [2.45, 2.75) is 38.5 Å². The van der Waals surface area contributed by atoms with Gasteiger partial charge in [-0.3, -0.25) is 0 Å². The van der Waals surface area contributed by atoms with Crippen molar-refractivity contribution in [2.75, 3.05) is 10.6 Å². The summed E-state index contributed by atoms with van der Waals surface area (Å²) in [7, 11) is -1.71. The lowest BCUT2D eigenvalue weighted by atomic mass is 10.1.